The van der Waals surface area contributed by atoms with Crippen LogP contribution < -0.4 is 21.3 Å². The van der Waals surface area contributed by atoms with Gasteiger partial charge in [0.2, 0.25) is 5.91 Å². The number of hydrogen-bond donors (Lipinski definition) is 4. The van der Waals surface area contributed by atoms with Crippen LogP contribution in [-0.4, -0.2) is 36.9 Å². The van der Waals surface area contributed by atoms with E-state index in [1.807, 2.05) is 6.92 Å². The van der Waals surface area contributed by atoms with E-state index in [1.54, 1.807) is 42.5 Å². The molecule has 1 fully saturated rings. The zero-order chi connectivity index (χ0) is 23.6. The molecule has 3 amide bonds. The van der Waals surface area contributed by atoms with Gasteiger partial charge in [-0.1, -0.05) is 43.9 Å². The molecule has 2 aromatic carbocycles. The molecule has 33 heavy (non-hydrogen) atoms. The maximum atomic E-state index is 12.7. The molecule has 0 bridgehead atoms. The minimum absolute atomic E-state index is 0.00241. The molecule has 0 radical (unpaired) electrons. The molecule has 1 saturated carbocycles. The molecule has 0 aliphatic heterocycles. The molecular formula is C25H31ClN4O3. The first-order chi connectivity index (χ1) is 16.0. The van der Waals surface area contributed by atoms with Crippen molar-refractivity contribution < 1.29 is 14.4 Å². The molecule has 3 rings (SSSR count). The molecule has 7 nitrogen and oxygen atoms in total. The number of carbonyl (C=O) groups is 3. The number of rotatable bonds is 9. The van der Waals surface area contributed by atoms with E-state index < -0.39 is 0 Å². The first kappa shape index (κ1) is 24.6. The van der Waals surface area contributed by atoms with Crippen molar-refractivity contribution in [2.75, 3.05) is 23.7 Å². The minimum Gasteiger partial charge on any atom is -0.376 e. The number of hydrogen-bond acceptors (Lipinski definition) is 4. The van der Waals surface area contributed by atoms with Gasteiger partial charge in [0.1, 0.15) is 0 Å². The summed E-state index contributed by atoms with van der Waals surface area (Å²) in [5, 5.41) is 12.1. The average molecular weight is 471 g/mol. The summed E-state index contributed by atoms with van der Waals surface area (Å²) < 4.78 is 0. The lowest BCUT2D eigenvalue weighted by atomic mass is 9.95. The Hall–Kier alpha value is -3.06. The third-order valence-corrected chi connectivity index (χ3v) is 5.88. The number of anilines is 2. The first-order valence-electron chi connectivity index (χ1n) is 11.5. The van der Waals surface area contributed by atoms with Crippen LogP contribution in [0.4, 0.5) is 11.4 Å². The highest BCUT2D eigenvalue weighted by Gasteiger charge is 2.18. The Kier molecular flexibility index (Phi) is 9.13. The Morgan fingerprint density at radius 1 is 0.970 bits per heavy atom. The fourth-order valence-electron chi connectivity index (χ4n) is 3.79. The number of carbonyl (C=O) groups excluding carboxylic acids is 3. The van der Waals surface area contributed by atoms with E-state index in [2.05, 4.69) is 21.3 Å². The predicted octanol–water partition coefficient (Wildman–Crippen LogP) is 4.59. The van der Waals surface area contributed by atoms with Crippen LogP contribution in [0.3, 0.4) is 0 Å². The molecule has 0 spiro atoms. The minimum atomic E-state index is -0.274. The van der Waals surface area contributed by atoms with Crippen molar-refractivity contribution in [3.05, 3.63) is 58.6 Å². The van der Waals surface area contributed by atoms with Crippen LogP contribution in [0.25, 0.3) is 0 Å². The van der Waals surface area contributed by atoms with E-state index in [4.69, 9.17) is 11.6 Å². The van der Waals surface area contributed by atoms with Crippen LogP contribution >= 0.6 is 11.6 Å². The fourth-order valence-corrected chi connectivity index (χ4v) is 3.99. The molecule has 0 atom stereocenters. The molecule has 176 valence electrons. The van der Waals surface area contributed by atoms with E-state index in [9.17, 15) is 14.4 Å². The summed E-state index contributed by atoms with van der Waals surface area (Å²) in [5.41, 5.74) is 2.03. The van der Waals surface area contributed by atoms with Crippen molar-refractivity contribution in [3.8, 4) is 0 Å². The maximum absolute atomic E-state index is 12.7. The van der Waals surface area contributed by atoms with E-state index >= 15 is 0 Å². The molecule has 2 aromatic rings. The largest absolute Gasteiger partial charge is 0.376 e. The van der Waals surface area contributed by atoms with Crippen LogP contribution in [0.1, 0.15) is 66.2 Å². The van der Waals surface area contributed by atoms with Crippen LogP contribution in [0.5, 0.6) is 0 Å². The molecule has 1 aliphatic rings. The molecule has 4 N–H and O–H groups in total. The second-order valence-corrected chi connectivity index (χ2v) is 8.65. The highest BCUT2D eigenvalue weighted by Crippen LogP contribution is 2.23. The van der Waals surface area contributed by atoms with Gasteiger partial charge in [0.15, 0.2) is 0 Å². The number of nitrogens with one attached hydrogen (secondary N) is 4. The van der Waals surface area contributed by atoms with E-state index in [0.29, 0.717) is 34.1 Å². The summed E-state index contributed by atoms with van der Waals surface area (Å²) >= 11 is 6.25. The van der Waals surface area contributed by atoms with Crippen LogP contribution in [0.2, 0.25) is 5.02 Å². The monoisotopic (exact) mass is 470 g/mol. The van der Waals surface area contributed by atoms with Gasteiger partial charge in [0, 0.05) is 29.5 Å². The smallest absolute Gasteiger partial charge is 0.253 e. The summed E-state index contributed by atoms with van der Waals surface area (Å²) in [5.74, 6) is -0.645. The summed E-state index contributed by atoms with van der Waals surface area (Å²) in [4.78, 5) is 37.2. The Bertz CT molecular complexity index is 989. The topological polar surface area (TPSA) is 99.3 Å². The average Bonchev–Trinajstić information content (AvgIpc) is 2.82. The predicted molar refractivity (Wildman–Crippen MR) is 132 cm³/mol. The van der Waals surface area contributed by atoms with Crippen molar-refractivity contribution in [2.24, 2.45) is 0 Å². The highest BCUT2D eigenvalue weighted by atomic mass is 35.5. The summed E-state index contributed by atoms with van der Waals surface area (Å²) in [7, 11) is 0. The van der Waals surface area contributed by atoms with Gasteiger partial charge >= 0.3 is 0 Å². The second kappa shape index (κ2) is 12.3. The van der Waals surface area contributed by atoms with Gasteiger partial charge in [0.25, 0.3) is 11.8 Å². The van der Waals surface area contributed by atoms with E-state index in [0.717, 1.165) is 32.1 Å². The Morgan fingerprint density at radius 2 is 1.76 bits per heavy atom. The summed E-state index contributed by atoms with van der Waals surface area (Å²) in [6.07, 6.45) is 6.29. The van der Waals surface area contributed by atoms with Gasteiger partial charge < -0.3 is 21.3 Å². The van der Waals surface area contributed by atoms with Crippen LogP contribution in [0, 0.1) is 0 Å². The van der Waals surface area contributed by atoms with Crippen molar-refractivity contribution in [2.45, 2.75) is 51.5 Å². The van der Waals surface area contributed by atoms with Crippen molar-refractivity contribution in [1.82, 2.24) is 10.6 Å². The van der Waals surface area contributed by atoms with Crippen LogP contribution in [-0.2, 0) is 4.79 Å². The van der Waals surface area contributed by atoms with Gasteiger partial charge in [-0.3, -0.25) is 14.4 Å². The second-order valence-electron chi connectivity index (χ2n) is 8.24. The zero-order valence-electron chi connectivity index (χ0n) is 18.9. The Labute approximate surface area is 199 Å². The third-order valence-electron chi connectivity index (χ3n) is 5.55. The fraction of sp³-hybridized carbons (Fsp3) is 0.400. The van der Waals surface area contributed by atoms with Gasteiger partial charge in [0.05, 0.1) is 17.1 Å². The van der Waals surface area contributed by atoms with Gasteiger partial charge in [-0.25, -0.2) is 0 Å². The molecule has 0 heterocycles. The maximum Gasteiger partial charge on any atom is 0.253 e. The van der Waals surface area contributed by atoms with Crippen molar-refractivity contribution in [3.63, 3.8) is 0 Å². The lowest BCUT2D eigenvalue weighted by molar-refractivity contribution is -0.114. The van der Waals surface area contributed by atoms with Crippen LogP contribution in [0.15, 0.2) is 42.5 Å². The van der Waals surface area contributed by atoms with Crippen molar-refractivity contribution in [1.29, 1.82) is 0 Å². The summed E-state index contributed by atoms with van der Waals surface area (Å²) in [6, 6.07) is 12.0. The van der Waals surface area contributed by atoms with E-state index in [1.165, 1.54) is 6.42 Å². The van der Waals surface area contributed by atoms with E-state index in [-0.39, 0.29) is 30.3 Å². The first-order valence-corrected chi connectivity index (χ1v) is 11.9. The Morgan fingerprint density at radius 3 is 2.52 bits per heavy atom. The van der Waals surface area contributed by atoms with Gasteiger partial charge in [-0.15, -0.1) is 0 Å². The molecule has 8 heteroatoms. The zero-order valence-corrected chi connectivity index (χ0v) is 19.6. The molecule has 1 aliphatic carbocycles. The molecular weight excluding hydrogens is 440 g/mol. The third kappa shape index (κ3) is 7.49. The van der Waals surface area contributed by atoms with Gasteiger partial charge in [-0.05, 0) is 55.7 Å². The number of halogens is 1. The SMILES string of the molecule is CCCNC(=O)c1cccc(NC(=O)CNc2ccc(Cl)c(C(=O)NC3CCCCC3)c2)c1. The highest BCUT2D eigenvalue weighted by molar-refractivity contribution is 6.34. The lowest BCUT2D eigenvalue weighted by Gasteiger charge is -2.23. The number of benzene rings is 2. The standard InChI is InChI=1S/C25H31ClN4O3/c1-2-13-27-24(32)17-7-6-10-20(14-17)29-23(31)16-28-19-11-12-22(26)21(15-19)25(33)30-18-8-4-3-5-9-18/h6-7,10-12,14-15,18,28H,2-5,8-9,13,16H2,1H3,(H,27,32)(H,29,31)(H,30,33). The summed E-state index contributed by atoms with van der Waals surface area (Å²) in [6.45, 7) is 2.58. The number of amides is 3. The Balaban J connectivity index is 1.55. The molecule has 0 aromatic heterocycles. The van der Waals surface area contributed by atoms with Crippen molar-refractivity contribution >= 4 is 40.7 Å². The molecule has 0 saturated heterocycles. The molecule has 0 unspecified atom stereocenters. The van der Waals surface area contributed by atoms with Gasteiger partial charge in [-0.2, -0.15) is 0 Å². The normalized spacial score (nSPS) is 13.8. The quantitative estimate of drug-likeness (QED) is 0.430. The lowest BCUT2D eigenvalue weighted by Crippen LogP contribution is -2.36.